The number of nitrogens with two attached hydrogens (primary N) is 1. The molecule has 37 heavy (non-hydrogen) atoms. The zero-order valence-corrected chi connectivity index (χ0v) is 21.4. The highest BCUT2D eigenvalue weighted by atomic mass is 16.6. The number of imidazole rings is 1. The molecular formula is C25H34N6O6. The van der Waals surface area contributed by atoms with E-state index in [9.17, 15) is 20.1 Å². The van der Waals surface area contributed by atoms with Gasteiger partial charge in [-0.3, -0.25) is 9.36 Å². The number of aliphatic hydroxyl groups excluding tert-OH is 3. The fourth-order valence-corrected chi connectivity index (χ4v) is 4.25. The quantitative estimate of drug-likeness (QED) is 0.276. The van der Waals surface area contributed by atoms with Crippen LogP contribution in [0.1, 0.15) is 51.5 Å². The molecule has 0 aliphatic carbocycles. The Labute approximate surface area is 214 Å². The van der Waals surface area contributed by atoms with Crippen LogP contribution in [-0.4, -0.2) is 71.3 Å². The number of hydrogen-bond donors (Lipinski definition) is 5. The Morgan fingerprint density at radius 3 is 2.65 bits per heavy atom. The van der Waals surface area contributed by atoms with Gasteiger partial charge in [-0.25, -0.2) is 4.98 Å². The second kappa shape index (κ2) is 10.6. The molecule has 1 aliphatic heterocycles. The van der Waals surface area contributed by atoms with Crippen molar-refractivity contribution in [2.24, 2.45) is 0 Å². The van der Waals surface area contributed by atoms with Gasteiger partial charge in [0.05, 0.1) is 12.9 Å². The number of carbonyl (C=O) groups is 1. The van der Waals surface area contributed by atoms with E-state index in [-0.39, 0.29) is 24.2 Å². The highest BCUT2D eigenvalue weighted by Gasteiger charge is 2.44. The lowest BCUT2D eigenvalue weighted by Crippen LogP contribution is -2.33. The van der Waals surface area contributed by atoms with Crippen LogP contribution in [0.2, 0.25) is 0 Å². The number of nitrogens with one attached hydrogen (secondary N) is 1. The number of nitrogens with zero attached hydrogens (tertiary/aromatic N) is 4. The number of aliphatic hydroxyl groups is 3. The average Bonchev–Trinajstić information content (AvgIpc) is 3.37. The molecule has 3 aromatic rings. The van der Waals surface area contributed by atoms with Crippen molar-refractivity contribution in [1.82, 2.24) is 19.5 Å². The minimum atomic E-state index is -1.30. The first-order chi connectivity index (χ1) is 17.5. The molecule has 4 rings (SSSR count). The average molecular weight is 515 g/mol. The van der Waals surface area contributed by atoms with Gasteiger partial charge < -0.3 is 35.8 Å². The van der Waals surface area contributed by atoms with Crippen molar-refractivity contribution in [1.29, 1.82) is 0 Å². The highest BCUT2D eigenvalue weighted by Crippen LogP contribution is 2.33. The molecule has 0 bridgehead atoms. The minimum absolute atomic E-state index is 0.122. The molecule has 0 radical (unpaired) electrons. The largest absolute Gasteiger partial charge is 0.460 e. The monoisotopic (exact) mass is 514 g/mol. The van der Waals surface area contributed by atoms with Crippen LogP contribution in [0.4, 0.5) is 17.5 Å². The Bertz CT molecular complexity index is 1270. The van der Waals surface area contributed by atoms with Gasteiger partial charge in [0, 0.05) is 12.1 Å². The summed E-state index contributed by atoms with van der Waals surface area (Å²) in [5.41, 5.74) is 8.95. The third kappa shape index (κ3) is 5.82. The van der Waals surface area contributed by atoms with E-state index in [1.807, 2.05) is 45.9 Å². The molecule has 0 spiro atoms. The first-order valence-electron chi connectivity index (χ1n) is 12.2. The van der Waals surface area contributed by atoms with E-state index in [0.29, 0.717) is 17.6 Å². The van der Waals surface area contributed by atoms with Crippen LogP contribution in [0, 0.1) is 0 Å². The third-order valence-corrected chi connectivity index (χ3v) is 6.08. The summed E-state index contributed by atoms with van der Waals surface area (Å²) >= 11 is 0. The number of hydrogen-bond acceptors (Lipinski definition) is 11. The lowest BCUT2D eigenvalue weighted by Gasteiger charge is -2.19. The second-order valence-corrected chi connectivity index (χ2v) is 10.0. The van der Waals surface area contributed by atoms with Crippen LogP contribution >= 0.6 is 0 Å². The van der Waals surface area contributed by atoms with Crippen molar-refractivity contribution in [3.8, 4) is 0 Å². The van der Waals surface area contributed by atoms with Crippen molar-refractivity contribution in [2.75, 3.05) is 17.7 Å². The number of aromatic nitrogens is 4. The summed E-state index contributed by atoms with van der Waals surface area (Å²) in [6.07, 6.45) is -1.61. The molecule has 1 fully saturated rings. The topological polar surface area (TPSA) is 178 Å². The number of benzene rings is 1. The number of ether oxygens (including phenoxy) is 2. The summed E-state index contributed by atoms with van der Waals surface area (Å²) in [7, 11) is 0. The van der Waals surface area contributed by atoms with E-state index in [1.54, 1.807) is 0 Å². The lowest BCUT2D eigenvalue weighted by molar-refractivity contribution is -0.154. The third-order valence-electron chi connectivity index (χ3n) is 6.08. The zero-order chi connectivity index (χ0) is 26.9. The van der Waals surface area contributed by atoms with Crippen LogP contribution in [-0.2, 0) is 27.1 Å². The van der Waals surface area contributed by atoms with E-state index in [2.05, 4.69) is 20.3 Å². The number of nitrogen functional groups attached to an aromatic ring is 1. The summed E-state index contributed by atoms with van der Waals surface area (Å²) in [5.74, 6) is 0.0656. The van der Waals surface area contributed by atoms with Crippen LogP contribution in [0.15, 0.2) is 24.5 Å². The molecule has 12 nitrogen and oxygen atoms in total. The molecule has 200 valence electrons. The van der Waals surface area contributed by atoms with E-state index >= 15 is 0 Å². The molecule has 0 unspecified atom stereocenters. The van der Waals surface area contributed by atoms with Gasteiger partial charge in [0.15, 0.2) is 17.7 Å². The molecule has 0 amide bonds. The number of fused-ring (bicyclic) bond motifs is 1. The molecule has 4 atom stereocenters. The molecule has 1 aromatic carbocycles. The van der Waals surface area contributed by atoms with Crippen molar-refractivity contribution < 1.29 is 29.6 Å². The van der Waals surface area contributed by atoms with Gasteiger partial charge in [-0.1, -0.05) is 19.1 Å². The minimum Gasteiger partial charge on any atom is -0.460 e. The molecule has 3 heterocycles. The molecule has 12 heteroatoms. The number of aryl methyl sites for hydroxylation is 2. The Hall–Kier alpha value is -3.32. The first kappa shape index (κ1) is 26.7. The maximum absolute atomic E-state index is 12.2. The predicted molar refractivity (Wildman–Crippen MR) is 136 cm³/mol. The number of carbonyl (C=O) groups excluding carboxylic acids is 1. The fraction of sp³-hybridized carbons (Fsp3) is 0.520. The SMILES string of the molecule is CCc1ccc(CCC(=O)OC(C)(C)C)cc1Nc1nc(N)c2ncn([C@@H]3O[C@H](CO)[C@@H](O)[C@H]3O)c2n1. The summed E-state index contributed by atoms with van der Waals surface area (Å²) in [6, 6.07) is 5.90. The summed E-state index contributed by atoms with van der Waals surface area (Å²) in [5, 5.41) is 33.3. The van der Waals surface area contributed by atoms with E-state index in [4.69, 9.17) is 15.2 Å². The van der Waals surface area contributed by atoms with E-state index < -0.39 is 36.7 Å². The summed E-state index contributed by atoms with van der Waals surface area (Å²) < 4.78 is 12.5. The fourth-order valence-electron chi connectivity index (χ4n) is 4.25. The van der Waals surface area contributed by atoms with Crippen molar-refractivity contribution in [2.45, 2.75) is 77.1 Å². The van der Waals surface area contributed by atoms with Crippen LogP contribution in [0.3, 0.4) is 0 Å². The van der Waals surface area contributed by atoms with Crippen LogP contribution in [0.5, 0.6) is 0 Å². The second-order valence-electron chi connectivity index (χ2n) is 10.0. The van der Waals surface area contributed by atoms with Gasteiger partial charge in [-0.2, -0.15) is 9.97 Å². The van der Waals surface area contributed by atoms with Gasteiger partial charge in [-0.05, 0) is 50.8 Å². The first-order valence-corrected chi connectivity index (χ1v) is 12.2. The summed E-state index contributed by atoms with van der Waals surface area (Å²) in [4.78, 5) is 25.3. The summed E-state index contributed by atoms with van der Waals surface area (Å²) in [6.45, 7) is 7.09. The van der Waals surface area contributed by atoms with Crippen molar-refractivity contribution in [3.05, 3.63) is 35.7 Å². The molecule has 2 aromatic heterocycles. The smallest absolute Gasteiger partial charge is 0.306 e. The van der Waals surface area contributed by atoms with Crippen molar-refractivity contribution >= 4 is 34.6 Å². The molecule has 1 saturated heterocycles. The Morgan fingerprint density at radius 2 is 2.00 bits per heavy atom. The molecule has 6 N–H and O–H groups in total. The molecule has 0 saturated carbocycles. The Balaban J connectivity index is 1.59. The predicted octanol–water partition coefficient (Wildman–Crippen LogP) is 1.60. The van der Waals surface area contributed by atoms with Gasteiger partial charge in [-0.15, -0.1) is 0 Å². The van der Waals surface area contributed by atoms with E-state index in [1.165, 1.54) is 10.9 Å². The zero-order valence-electron chi connectivity index (χ0n) is 21.4. The normalized spacial score (nSPS) is 21.9. The highest BCUT2D eigenvalue weighted by molar-refractivity contribution is 5.83. The van der Waals surface area contributed by atoms with Crippen LogP contribution < -0.4 is 11.1 Å². The van der Waals surface area contributed by atoms with Gasteiger partial charge in [0.2, 0.25) is 5.95 Å². The van der Waals surface area contributed by atoms with E-state index in [0.717, 1.165) is 23.2 Å². The molecular weight excluding hydrogens is 480 g/mol. The van der Waals surface area contributed by atoms with Gasteiger partial charge in [0.25, 0.3) is 0 Å². The van der Waals surface area contributed by atoms with Crippen LogP contribution in [0.25, 0.3) is 11.2 Å². The standard InChI is InChI=1S/C25H34N6O6/c1-5-14-8-6-13(7-9-17(33)37-25(2,3)4)10-15(14)28-24-29-21(26)18-22(30-24)31(12-27-18)23-20(35)19(34)16(11-32)36-23/h6,8,10,12,16,19-20,23,32,34-35H,5,7,9,11H2,1-4H3,(H3,26,28,29,30)/t16-,19-,20-,23-/m1/s1. The van der Waals surface area contributed by atoms with Gasteiger partial charge >= 0.3 is 5.97 Å². The maximum atomic E-state index is 12.2. The Morgan fingerprint density at radius 1 is 1.24 bits per heavy atom. The maximum Gasteiger partial charge on any atom is 0.306 e. The number of rotatable bonds is 8. The van der Waals surface area contributed by atoms with Crippen molar-refractivity contribution in [3.63, 3.8) is 0 Å². The molecule has 1 aliphatic rings. The van der Waals surface area contributed by atoms with Gasteiger partial charge in [0.1, 0.15) is 29.4 Å². The Kier molecular flexibility index (Phi) is 7.64. The number of anilines is 3. The number of esters is 1. The lowest BCUT2D eigenvalue weighted by atomic mass is 10.0.